The first-order valence-electron chi connectivity index (χ1n) is 8.27. The molecule has 0 atom stereocenters. The first-order valence-corrected chi connectivity index (χ1v) is 9.39. The summed E-state index contributed by atoms with van der Waals surface area (Å²) in [6, 6.07) is 10.1. The van der Waals surface area contributed by atoms with E-state index in [-0.39, 0.29) is 0 Å². The summed E-state index contributed by atoms with van der Waals surface area (Å²) in [5, 5.41) is 10.7. The van der Waals surface area contributed by atoms with Crippen LogP contribution in [0.2, 0.25) is 0 Å². The van der Waals surface area contributed by atoms with Crippen molar-refractivity contribution in [1.29, 1.82) is 0 Å². The Morgan fingerprint density at radius 1 is 1.09 bits per heavy atom. The van der Waals surface area contributed by atoms with E-state index in [9.17, 15) is 0 Å². The molecule has 0 amide bonds. The van der Waals surface area contributed by atoms with Crippen molar-refractivity contribution < 1.29 is 0 Å². The highest BCUT2D eigenvalue weighted by atomic mass is 79.9. The Hall–Kier alpha value is -1.55. The molecule has 0 aliphatic rings. The summed E-state index contributed by atoms with van der Waals surface area (Å²) in [5.41, 5.74) is 1.09. The lowest BCUT2D eigenvalue weighted by atomic mass is 10.2. The van der Waals surface area contributed by atoms with Crippen molar-refractivity contribution in [3.8, 4) is 0 Å². The molecule has 0 bridgehead atoms. The third kappa shape index (κ3) is 10.7. The third-order valence-corrected chi connectivity index (χ3v) is 3.85. The fourth-order valence-electron chi connectivity index (χ4n) is 1.98. The summed E-state index contributed by atoms with van der Waals surface area (Å²) in [6.07, 6.45) is 16.0. The minimum Gasteiger partial charge on any atom is -0.391 e. The quantitative estimate of drug-likeness (QED) is 0.180. The maximum atomic E-state index is 4.39. The molecule has 4 heteroatoms. The number of hydrogen-bond donors (Lipinski definition) is 1. The van der Waals surface area contributed by atoms with Crippen LogP contribution < -0.4 is 10.3 Å². The summed E-state index contributed by atoms with van der Waals surface area (Å²) in [4.78, 5) is 0. The number of allylic oxidation sites excluding steroid dienone is 3. The smallest absolute Gasteiger partial charge is 0.0590 e. The van der Waals surface area contributed by atoms with Crippen LogP contribution in [0.25, 0.3) is 0 Å². The van der Waals surface area contributed by atoms with Crippen LogP contribution in [0.5, 0.6) is 0 Å². The number of benzene rings is 1. The zero-order valence-corrected chi connectivity index (χ0v) is 15.6. The molecule has 0 aliphatic heterocycles. The van der Waals surface area contributed by atoms with Gasteiger partial charge in [-0.05, 0) is 37.3 Å². The summed E-state index contributed by atoms with van der Waals surface area (Å²) >= 11 is 3.45. The molecule has 1 aromatic carbocycles. The maximum Gasteiger partial charge on any atom is 0.0590 e. The van der Waals surface area contributed by atoms with E-state index >= 15 is 0 Å². The molecule has 1 rings (SSSR count). The van der Waals surface area contributed by atoms with Gasteiger partial charge >= 0.3 is 0 Å². The van der Waals surface area contributed by atoms with Crippen LogP contribution >= 0.6 is 15.9 Å². The lowest BCUT2D eigenvalue weighted by molar-refractivity contribution is 0.649. The SMILES string of the molecule is CN(/N=C/C/C=C\C=C/NCCCCCCBr)c1ccccc1. The largest absolute Gasteiger partial charge is 0.391 e. The number of nitrogens with one attached hydrogen (secondary N) is 1. The predicted molar refractivity (Wildman–Crippen MR) is 106 cm³/mol. The van der Waals surface area contributed by atoms with E-state index in [0.717, 1.165) is 24.0 Å². The molecule has 0 saturated heterocycles. The minimum atomic E-state index is 0.827. The number of hydrogen-bond acceptors (Lipinski definition) is 3. The van der Waals surface area contributed by atoms with Gasteiger partial charge in [0.1, 0.15) is 0 Å². The standard InChI is InChI=1S/C19H28BrN3/c1-23(19-13-7-6-8-14-19)22-18-12-5-4-11-17-21-16-10-3-2-9-15-20/h4-8,11,13-14,17-18,21H,2-3,9-10,12,15-16H2,1H3/b5-4-,17-11-,22-18+. The molecule has 0 radical (unpaired) electrons. The van der Waals surface area contributed by atoms with Gasteiger partial charge in [0.15, 0.2) is 0 Å². The normalized spacial score (nSPS) is 11.7. The number of unbranched alkanes of at least 4 members (excludes halogenated alkanes) is 3. The Morgan fingerprint density at radius 2 is 1.87 bits per heavy atom. The van der Waals surface area contributed by atoms with E-state index < -0.39 is 0 Å². The molecule has 0 fully saturated rings. The summed E-state index contributed by atoms with van der Waals surface area (Å²) < 4.78 is 0. The van der Waals surface area contributed by atoms with E-state index in [0.29, 0.717) is 0 Å². The maximum absolute atomic E-state index is 4.39. The van der Waals surface area contributed by atoms with E-state index in [1.165, 1.54) is 25.7 Å². The highest BCUT2D eigenvalue weighted by molar-refractivity contribution is 9.09. The molecule has 0 aliphatic carbocycles. The third-order valence-electron chi connectivity index (χ3n) is 3.29. The summed E-state index contributed by atoms with van der Waals surface area (Å²) in [5.74, 6) is 0. The number of anilines is 1. The summed E-state index contributed by atoms with van der Waals surface area (Å²) in [6.45, 7) is 1.05. The monoisotopic (exact) mass is 377 g/mol. The molecule has 0 aromatic heterocycles. The van der Waals surface area contributed by atoms with Gasteiger partial charge in [0.25, 0.3) is 0 Å². The molecule has 126 valence electrons. The van der Waals surface area contributed by atoms with E-state index in [1.54, 1.807) is 0 Å². The van der Waals surface area contributed by atoms with Crippen molar-refractivity contribution >= 4 is 27.8 Å². The lowest BCUT2D eigenvalue weighted by Gasteiger charge is -2.11. The number of alkyl halides is 1. The first-order chi connectivity index (χ1) is 11.3. The minimum absolute atomic E-state index is 0.827. The fraction of sp³-hybridized carbons (Fsp3) is 0.421. The van der Waals surface area contributed by atoms with Crippen molar-refractivity contribution in [2.75, 3.05) is 23.9 Å². The van der Waals surface area contributed by atoms with Crippen LogP contribution in [0.1, 0.15) is 32.1 Å². The molecule has 3 nitrogen and oxygen atoms in total. The van der Waals surface area contributed by atoms with Crippen molar-refractivity contribution in [1.82, 2.24) is 5.32 Å². The number of para-hydroxylation sites is 1. The van der Waals surface area contributed by atoms with Crippen LogP contribution in [0, 0.1) is 0 Å². The van der Waals surface area contributed by atoms with Gasteiger partial charge in [-0.25, -0.2) is 0 Å². The van der Waals surface area contributed by atoms with E-state index in [2.05, 4.69) is 32.4 Å². The van der Waals surface area contributed by atoms with Crippen LogP contribution in [0.4, 0.5) is 5.69 Å². The van der Waals surface area contributed by atoms with Gasteiger partial charge < -0.3 is 5.32 Å². The van der Waals surface area contributed by atoms with E-state index in [4.69, 9.17) is 0 Å². The number of halogens is 1. The van der Waals surface area contributed by atoms with Crippen molar-refractivity contribution in [3.05, 3.63) is 54.8 Å². The van der Waals surface area contributed by atoms with Gasteiger partial charge in [-0.1, -0.05) is 59.1 Å². The Balaban J connectivity index is 2.05. The van der Waals surface area contributed by atoms with Crippen LogP contribution in [-0.2, 0) is 0 Å². The van der Waals surface area contributed by atoms with Gasteiger partial charge in [-0.15, -0.1) is 0 Å². The molecule has 0 spiro atoms. The highest BCUT2D eigenvalue weighted by Gasteiger charge is 1.93. The second-order valence-electron chi connectivity index (χ2n) is 5.24. The van der Waals surface area contributed by atoms with E-state index in [1.807, 2.05) is 67.0 Å². The van der Waals surface area contributed by atoms with Crippen LogP contribution in [0.15, 0.2) is 59.9 Å². The van der Waals surface area contributed by atoms with Crippen molar-refractivity contribution in [2.45, 2.75) is 32.1 Å². The van der Waals surface area contributed by atoms with Gasteiger partial charge in [0, 0.05) is 31.6 Å². The topological polar surface area (TPSA) is 27.6 Å². The molecule has 0 heterocycles. The highest BCUT2D eigenvalue weighted by Crippen LogP contribution is 2.10. The van der Waals surface area contributed by atoms with Crippen molar-refractivity contribution in [2.24, 2.45) is 5.10 Å². The van der Waals surface area contributed by atoms with Crippen molar-refractivity contribution in [3.63, 3.8) is 0 Å². The average Bonchev–Trinajstić information content (AvgIpc) is 2.59. The fourth-order valence-corrected chi connectivity index (χ4v) is 2.38. The predicted octanol–water partition coefficient (Wildman–Crippen LogP) is 5.11. The first kappa shape index (κ1) is 19.5. The van der Waals surface area contributed by atoms with Gasteiger partial charge in [0.05, 0.1) is 5.69 Å². The van der Waals surface area contributed by atoms with Gasteiger partial charge in [-0.3, -0.25) is 5.01 Å². The Morgan fingerprint density at radius 3 is 2.65 bits per heavy atom. The lowest BCUT2D eigenvalue weighted by Crippen LogP contribution is -2.07. The van der Waals surface area contributed by atoms with Gasteiger partial charge in [-0.2, -0.15) is 5.10 Å². The molecule has 0 unspecified atom stereocenters. The Labute approximate surface area is 149 Å². The molecular weight excluding hydrogens is 350 g/mol. The molecule has 1 N–H and O–H groups in total. The van der Waals surface area contributed by atoms with Gasteiger partial charge in [0.2, 0.25) is 0 Å². The second-order valence-corrected chi connectivity index (χ2v) is 6.03. The number of nitrogens with zero attached hydrogens (tertiary/aromatic N) is 2. The second kappa shape index (κ2) is 14.1. The zero-order valence-electron chi connectivity index (χ0n) is 14.0. The molecular formula is C19H28BrN3. The van der Waals surface area contributed by atoms with Crippen LogP contribution in [0.3, 0.4) is 0 Å². The number of rotatable bonds is 12. The average molecular weight is 378 g/mol. The zero-order chi connectivity index (χ0) is 16.6. The summed E-state index contributed by atoms with van der Waals surface area (Å²) in [7, 11) is 1.96. The Kier molecular flexibility index (Phi) is 11.9. The molecule has 0 saturated carbocycles. The number of hydrazone groups is 1. The molecule has 23 heavy (non-hydrogen) atoms. The Bertz CT molecular complexity index is 469. The molecule has 1 aromatic rings. The van der Waals surface area contributed by atoms with Crippen LogP contribution in [-0.4, -0.2) is 25.1 Å².